The molecule has 3 atom stereocenters. The van der Waals surface area contributed by atoms with Gasteiger partial charge in [-0.05, 0) is 69.9 Å². The number of furan rings is 1. The Morgan fingerprint density at radius 3 is 3.04 bits per heavy atom. The number of carbonyl (C=O) groups is 2. The van der Waals surface area contributed by atoms with E-state index < -0.39 is 0 Å². The predicted molar refractivity (Wildman–Crippen MR) is 95.4 cm³/mol. The summed E-state index contributed by atoms with van der Waals surface area (Å²) >= 11 is 0. The van der Waals surface area contributed by atoms with Crippen molar-refractivity contribution < 1.29 is 18.7 Å². The zero-order valence-corrected chi connectivity index (χ0v) is 15.5. The van der Waals surface area contributed by atoms with Crippen LogP contribution in [0.5, 0.6) is 0 Å². The molecule has 0 aromatic carbocycles. The Balaban J connectivity index is 1.34. The van der Waals surface area contributed by atoms with Crippen LogP contribution in [-0.2, 0) is 16.1 Å². The van der Waals surface area contributed by atoms with Gasteiger partial charge in [0, 0.05) is 18.5 Å². The van der Waals surface area contributed by atoms with Gasteiger partial charge >= 0.3 is 6.09 Å². The lowest BCUT2D eigenvalue weighted by atomic mass is 9.69. The van der Waals surface area contributed by atoms with Crippen LogP contribution >= 0.6 is 0 Å². The summed E-state index contributed by atoms with van der Waals surface area (Å²) < 4.78 is 11.1. The highest BCUT2D eigenvalue weighted by Crippen LogP contribution is 2.49. The molecule has 26 heavy (non-hydrogen) atoms. The van der Waals surface area contributed by atoms with Crippen molar-refractivity contribution in [2.24, 2.45) is 5.92 Å². The molecule has 1 N–H and O–H groups in total. The summed E-state index contributed by atoms with van der Waals surface area (Å²) in [6.45, 7) is 3.13. The molecule has 4 rings (SSSR count). The van der Waals surface area contributed by atoms with E-state index in [0.717, 1.165) is 63.0 Å². The van der Waals surface area contributed by atoms with Crippen LogP contribution in [0.1, 0.15) is 62.9 Å². The molecule has 2 aliphatic heterocycles. The van der Waals surface area contributed by atoms with E-state index in [-0.39, 0.29) is 17.7 Å². The van der Waals surface area contributed by atoms with Crippen molar-refractivity contribution in [3.05, 3.63) is 23.7 Å². The number of rotatable bonds is 3. The third-order valence-electron chi connectivity index (χ3n) is 6.46. The van der Waals surface area contributed by atoms with Crippen LogP contribution in [0.15, 0.2) is 16.5 Å². The van der Waals surface area contributed by atoms with Gasteiger partial charge in [0.25, 0.3) is 0 Å². The zero-order chi connectivity index (χ0) is 18.1. The van der Waals surface area contributed by atoms with E-state index in [9.17, 15) is 9.59 Å². The Morgan fingerprint density at radius 1 is 1.35 bits per heavy atom. The van der Waals surface area contributed by atoms with Crippen LogP contribution in [0.25, 0.3) is 0 Å². The van der Waals surface area contributed by atoms with E-state index in [4.69, 9.17) is 9.15 Å². The number of amides is 2. The zero-order valence-electron chi connectivity index (χ0n) is 15.5. The number of hydrogen-bond acceptors (Lipinski definition) is 4. The number of nitrogens with zero attached hydrogens (tertiary/aromatic N) is 1. The van der Waals surface area contributed by atoms with Gasteiger partial charge in [0.1, 0.15) is 17.6 Å². The number of nitrogens with one attached hydrogen (secondary N) is 1. The van der Waals surface area contributed by atoms with Crippen molar-refractivity contribution in [2.75, 3.05) is 6.54 Å². The number of aryl methyl sites for hydroxylation is 1. The Bertz CT molecular complexity index is 685. The van der Waals surface area contributed by atoms with Crippen LogP contribution in [0.3, 0.4) is 0 Å². The monoisotopic (exact) mass is 360 g/mol. The van der Waals surface area contributed by atoms with Gasteiger partial charge in [0.05, 0.1) is 6.54 Å². The molecule has 1 aliphatic carbocycles. The molecule has 0 radical (unpaired) electrons. The fourth-order valence-electron chi connectivity index (χ4n) is 5.29. The average Bonchev–Trinajstić information content (AvgIpc) is 3.20. The van der Waals surface area contributed by atoms with Crippen molar-refractivity contribution >= 4 is 12.0 Å². The first-order valence-electron chi connectivity index (χ1n) is 9.87. The van der Waals surface area contributed by atoms with E-state index >= 15 is 0 Å². The standard InChI is InChI=1S/C20H28N2O4/c1-14-6-7-17(25-14)13-21-19(24)26-16-8-10-20-9-3-11-22(20)18(23)5-2-4-15(20)12-16/h6-7,15-16H,2-5,8-13H2,1H3,(H,21,24)/t15-,16-,20+/m0/s1. The van der Waals surface area contributed by atoms with Crippen molar-refractivity contribution in [3.8, 4) is 0 Å². The first kappa shape index (κ1) is 17.4. The van der Waals surface area contributed by atoms with Gasteiger partial charge in [-0.3, -0.25) is 4.79 Å². The normalized spacial score (nSPS) is 31.1. The lowest BCUT2D eigenvalue weighted by molar-refractivity contribution is -0.138. The molecule has 1 saturated carbocycles. The third kappa shape index (κ3) is 3.21. The van der Waals surface area contributed by atoms with Gasteiger partial charge in [-0.1, -0.05) is 0 Å². The van der Waals surface area contributed by atoms with Crippen LogP contribution < -0.4 is 5.32 Å². The lowest BCUT2D eigenvalue weighted by Gasteiger charge is -2.48. The number of carbonyl (C=O) groups excluding carboxylic acids is 2. The minimum atomic E-state index is -0.382. The first-order valence-corrected chi connectivity index (χ1v) is 9.87. The minimum Gasteiger partial charge on any atom is -0.465 e. The van der Waals surface area contributed by atoms with Crippen LogP contribution in [0.2, 0.25) is 0 Å². The summed E-state index contributed by atoms with van der Waals surface area (Å²) in [7, 11) is 0. The number of ether oxygens (including phenoxy) is 1. The SMILES string of the molecule is Cc1ccc(CNC(=O)O[C@H]2CC[C@@]34CCCN3C(=O)CCC[C@H]4C2)o1. The molecule has 3 aliphatic rings. The van der Waals surface area contributed by atoms with Crippen LogP contribution in [0, 0.1) is 12.8 Å². The molecular formula is C20H28N2O4. The maximum absolute atomic E-state index is 12.4. The molecule has 0 bridgehead atoms. The molecule has 1 aromatic rings. The molecule has 142 valence electrons. The number of alkyl carbamates (subject to hydrolysis) is 1. The molecule has 6 heteroatoms. The highest BCUT2D eigenvalue weighted by atomic mass is 16.6. The van der Waals surface area contributed by atoms with E-state index in [1.807, 2.05) is 19.1 Å². The Labute approximate surface area is 154 Å². The molecule has 2 amide bonds. The Hall–Kier alpha value is -1.98. The second-order valence-corrected chi connectivity index (χ2v) is 8.01. The van der Waals surface area contributed by atoms with Crippen molar-refractivity contribution in [2.45, 2.75) is 76.5 Å². The van der Waals surface area contributed by atoms with Crippen LogP contribution in [0.4, 0.5) is 4.79 Å². The largest absolute Gasteiger partial charge is 0.465 e. The van der Waals surface area contributed by atoms with Gasteiger partial charge in [-0.15, -0.1) is 0 Å². The third-order valence-corrected chi connectivity index (χ3v) is 6.46. The lowest BCUT2D eigenvalue weighted by Crippen LogP contribution is -2.54. The van der Waals surface area contributed by atoms with Gasteiger partial charge in [0.2, 0.25) is 5.91 Å². The second kappa shape index (κ2) is 6.97. The van der Waals surface area contributed by atoms with E-state index in [1.165, 1.54) is 0 Å². The van der Waals surface area contributed by atoms with E-state index in [0.29, 0.717) is 24.8 Å². The first-order chi connectivity index (χ1) is 12.6. The topological polar surface area (TPSA) is 71.8 Å². The maximum Gasteiger partial charge on any atom is 0.407 e. The number of hydrogen-bond donors (Lipinski definition) is 1. The predicted octanol–water partition coefficient (Wildman–Crippen LogP) is 3.53. The molecule has 1 aromatic heterocycles. The van der Waals surface area contributed by atoms with Gasteiger partial charge < -0.3 is 19.4 Å². The molecule has 3 fully saturated rings. The Morgan fingerprint density at radius 2 is 2.23 bits per heavy atom. The maximum atomic E-state index is 12.4. The molecule has 3 heterocycles. The van der Waals surface area contributed by atoms with Crippen LogP contribution in [-0.4, -0.2) is 35.1 Å². The second-order valence-electron chi connectivity index (χ2n) is 8.01. The fraction of sp³-hybridized carbons (Fsp3) is 0.700. The summed E-state index contributed by atoms with van der Waals surface area (Å²) in [4.78, 5) is 26.8. The minimum absolute atomic E-state index is 0.0373. The van der Waals surface area contributed by atoms with Gasteiger partial charge in [0.15, 0.2) is 0 Å². The summed E-state index contributed by atoms with van der Waals surface area (Å²) in [6, 6.07) is 3.74. The van der Waals surface area contributed by atoms with Gasteiger partial charge in [-0.2, -0.15) is 0 Å². The highest BCUT2D eigenvalue weighted by Gasteiger charge is 2.52. The summed E-state index contributed by atoms with van der Waals surface area (Å²) in [6.07, 6.45) is 7.15. The molecular weight excluding hydrogens is 332 g/mol. The molecule has 2 saturated heterocycles. The quantitative estimate of drug-likeness (QED) is 0.895. The summed E-state index contributed by atoms with van der Waals surface area (Å²) in [5, 5.41) is 2.78. The smallest absolute Gasteiger partial charge is 0.407 e. The average molecular weight is 360 g/mol. The molecule has 0 unspecified atom stereocenters. The van der Waals surface area contributed by atoms with Gasteiger partial charge in [-0.25, -0.2) is 4.79 Å². The van der Waals surface area contributed by atoms with E-state index in [2.05, 4.69) is 10.2 Å². The highest BCUT2D eigenvalue weighted by molar-refractivity contribution is 5.78. The van der Waals surface area contributed by atoms with Crippen molar-refractivity contribution in [1.29, 1.82) is 0 Å². The summed E-state index contributed by atoms with van der Waals surface area (Å²) in [5.41, 5.74) is 0.0373. The molecule has 1 spiro atoms. The summed E-state index contributed by atoms with van der Waals surface area (Å²) in [5.74, 6) is 2.34. The Kier molecular flexibility index (Phi) is 4.67. The van der Waals surface area contributed by atoms with Crippen molar-refractivity contribution in [3.63, 3.8) is 0 Å². The van der Waals surface area contributed by atoms with Crippen molar-refractivity contribution in [1.82, 2.24) is 10.2 Å². The fourth-order valence-corrected chi connectivity index (χ4v) is 5.29. The van der Waals surface area contributed by atoms with E-state index in [1.54, 1.807) is 0 Å². The molecule has 6 nitrogen and oxygen atoms in total.